The molecule has 0 spiro atoms. The van der Waals surface area contributed by atoms with Crippen LogP contribution < -0.4 is 5.73 Å². The average molecular weight is 239 g/mol. The smallest absolute Gasteiger partial charge is 0.330 e. The molecule has 0 radical (unpaired) electrons. The summed E-state index contributed by atoms with van der Waals surface area (Å²) in [4.78, 5) is 21.6. The maximum absolute atomic E-state index is 8.88. The number of phosphoric acid groups is 1. The highest BCUT2D eigenvalue weighted by atomic mass is 32.1. The van der Waals surface area contributed by atoms with E-state index < -0.39 is 7.82 Å². The van der Waals surface area contributed by atoms with E-state index in [-0.39, 0.29) is 0 Å². The highest BCUT2D eigenvalue weighted by Gasteiger charge is 2.00. The lowest BCUT2D eigenvalue weighted by Crippen LogP contribution is -1.99. The number of hydrogen-bond donors (Lipinski definition) is 4. The van der Waals surface area contributed by atoms with Crippen molar-refractivity contribution in [3.63, 3.8) is 0 Å². The van der Waals surface area contributed by atoms with Crippen molar-refractivity contribution >= 4 is 19.2 Å². The van der Waals surface area contributed by atoms with Gasteiger partial charge in [0, 0.05) is 0 Å². The molecule has 0 aromatic carbocycles. The summed E-state index contributed by atoms with van der Waals surface area (Å²) in [6.07, 6.45) is 2.25. The molecule has 82 valence electrons. The Morgan fingerprint density at radius 3 is 2.36 bits per heavy atom. The Morgan fingerprint density at radius 1 is 1.43 bits per heavy atom. The van der Waals surface area contributed by atoms with E-state index in [1.165, 1.54) is 5.56 Å². The molecular formula is C7H14NO4PS. The predicted octanol–water partition coefficient (Wildman–Crippen LogP) is 0.711. The van der Waals surface area contributed by atoms with Crippen LogP contribution in [0.2, 0.25) is 0 Å². The Bertz CT molecular complexity index is 263. The summed E-state index contributed by atoms with van der Waals surface area (Å²) in [5.74, 6) is 0. The van der Waals surface area contributed by atoms with E-state index in [0.717, 1.165) is 19.4 Å². The minimum atomic E-state index is -4.64. The van der Waals surface area contributed by atoms with Crippen LogP contribution in [0.3, 0.4) is 0 Å². The minimum absolute atomic E-state index is 0.801. The molecule has 14 heavy (non-hydrogen) atoms. The third-order valence-electron chi connectivity index (χ3n) is 1.25. The lowest BCUT2D eigenvalue weighted by atomic mass is 10.2. The molecule has 5 nitrogen and oxygen atoms in total. The molecular weight excluding hydrogens is 225 g/mol. The average Bonchev–Trinajstić information content (AvgIpc) is 2.49. The minimum Gasteiger partial charge on any atom is -0.330 e. The SMILES string of the molecule is NCCCc1ccsc1.O=P(O)(O)O. The molecule has 0 unspecified atom stereocenters. The molecule has 0 amide bonds. The summed E-state index contributed by atoms with van der Waals surface area (Å²) in [5.41, 5.74) is 6.77. The summed E-state index contributed by atoms with van der Waals surface area (Å²) in [7, 11) is -4.64. The number of nitrogens with two attached hydrogens (primary N) is 1. The van der Waals surface area contributed by atoms with Crippen LogP contribution in [0.25, 0.3) is 0 Å². The number of hydrogen-bond acceptors (Lipinski definition) is 3. The van der Waals surface area contributed by atoms with E-state index in [1.54, 1.807) is 11.3 Å². The molecule has 1 aromatic rings. The zero-order valence-corrected chi connectivity index (χ0v) is 9.25. The van der Waals surface area contributed by atoms with Crippen LogP contribution in [0.15, 0.2) is 16.8 Å². The Labute approximate surface area is 86.4 Å². The first-order valence-electron chi connectivity index (χ1n) is 3.93. The molecule has 0 bridgehead atoms. The number of aryl methyl sites for hydroxylation is 1. The molecule has 1 heterocycles. The van der Waals surface area contributed by atoms with Crippen molar-refractivity contribution in [2.75, 3.05) is 6.54 Å². The van der Waals surface area contributed by atoms with Crippen LogP contribution in [0, 0.1) is 0 Å². The fourth-order valence-electron chi connectivity index (χ4n) is 0.741. The van der Waals surface area contributed by atoms with Crippen molar-refractivity contribution in [1.29, 1.82) is 0 Å². The highest BCUT2D eigenvalue weighted by Crippen LogP contribution is 2.25. The Hall–Kier alpha value is -0.230. The monoisotopic (exact) mass is 239 g/mol. The van der Waals surface area contributed by atoms with Gasteiger partial charge in [-0.2, -0.15) is 11.3 Å². The van der Waals surface area contributed by atoms with Gasteiger partial charge in [0.15, 0.2) is 0 Å². The maximum atomic E-state index is 8.88. The van der Waals surface area contributed by atoms with Crippen molar-refractivity contribution in [2.24, 2.45) is 5.73 Å². The van der Waals surface area contributed by atoms with E-state index in [9.17, 15) is 0 Å². The van der Waals surface area contributed by atoms with Crippen LogP contribution in [0.5, 0.6) is 0 Å². The van der Waals surface area contributed by atoms with Crippen LogP contribution in [0.4, 0.5) is 0 Å². The fraction of sp³-hybridized carbons (Fsp3) is 0.429. The van der Waals surface area contributed by atoms with Gasteiger partial charge in [-0.05, 0) is 41.8 Å². The van der Waals surface area contributed by atoms with Crippen molar-refractivity contribution in [3.8, 4) is 0 Å². The van der Waals surface area contributed by atoms with Gasteiger partial charge in [-0.1, -0.05) is 0 Å². The normalized spacial score (nSPS) is 10.6. The van der Waals surface area contributed by atoms with Crippen molar-refractivity contribution < 1.29 is 19.2 Å². The molecule has 1 rings (SSSR count). The van der Waals surface area contributed by atoms with Gasteiger partial charge in [-0.3, -0.25) is 0 Å². The van der Waals surface area contributed by atoms with Crippen LogP contribution in [0.1, 0.15) is 12.0 Å². The second-order valence-electron chi connectivity index (χ2n) is 2.54. The summed E-state index contributed by atoms with van der Waals surface area (Å²) in [6.45, 7) is 0.801. The van der Waals surface area contributed by atoms with Crippen molar-refractivity contribution in [3.05, 3.63) is 22.4 Å². The zero-order valence-electron chi connectivity index (χ0n) is 7.54. The van der Waals surface area contributed by atoms with Crippen molar-refractivity contribution in [1.82, 2.24) is 0 Å². The summed E-state index contributed by atoms with van der Waals surface area (Å²) < 4.78 is 8.88. The van der Waals surface area contributed by atoms with E-state index in [0.29, 0.717) is 0 Å². The zero-order chi connectivity index (χ0) is 11.0. The highest BCUT2D eigenvalue weighted by molar-refractivity contribution is 7.45. The standard InChI is InChI=1S/C7H11NS.H3O4P/c8-4-1-2-7-3-5-9-6-7;1-5(2,3)4/h3,5-6H,1-2,4,8H2;(H3,1,2,3,4). The molecule has 0 fully saturated rings. The Balaban J connectivity index is 0.000000292. The van der Waals surface area contributed by atoms with E-state index in [2.05, 4.69) is 16.8 Å². The first-order valence-corrected chi connectivity index (χ1v) is 6.43. The second kappa shape index (κ2) is 7.11. The van der Waals surface area contributed by atoms with Crippen LogP contribution >= 0.6 is 19.2 Å². The first kappa shape index (κ1) is 13.8. The largest absolute Gasteiger partial charge is 0.466 e. The van der Waals surface area contributed by atoms with Crippen LogP contribution in [-0.4, -0.2) is 21.2 Å². The quantitative estimate of drug-likeness (QED) is 0.581. The lowest BCUT2D eigenvalue weighted by Gasteiger charge is -1.91. The van der Waals surface area contributed by atoms with Gasteiger partial charge in [0.25, 0.3) is 0 Å². The van der Waals surface area contributed by atoms with Gasteiger partial charge in [0.2, 0.25) is 0 Å². The Morgan fingerprint density at radius 2 is 2.00 bits per heavy atom. The second-order valence-corrected chi connectivity index (χ2v) is 4.34. The molecule has 5 N–H and O–H groups in total. The molecule has 0 aliphatic carbocycles. The number of thiophene rings is 1. The van der Waals surface area contributed by atoms with E-state index >= 15 is 0 Å². The van der Waals surface area contributed by atoms with Gasteiger partial charge in [0.05, 0.1) is 0 Å². The van der Waals surface area contributed by atoms with Gasteiger partial charge >= 0.3 is 7.82 Å². The molecule has 0 saturated carbocycles. The molecule has 0 aliphatic heterocycles. The Kier molecular flexibility index (Phi) is 7.00. The van der Waals surface area contributed by atoms with Gasteiger partial charge in [-0.25, -0.2) is 4.57 Å². The summed E-state index contributed by atoms with van der Waals surface area (Å²) in [5, 5.41) is 4.28. The molecule has 0 atom stereocenters. The van der Waals surface area contributed by atoms with Gasteiger partial charge < -0.3 is 20.4 Å². The fourth-order valence-corrected chi connectivity index (χ4v) is 1.44. The molecule has 7 heteroatoms. The maximum Gasteiger partial charge on any atom is 0.466 e. The van der Waals surface area contributed by atoms with Gasteiger partial charge in [0.1, 0.15) is 0 Å². The topological polar surface area (TPSA) is 104 Å². The third kappa shape index (κ3) is 11.8. The molecule has 0 saturated heterocycles. The number of rotatable bonds is 3. The van der Waals surface area contributed by atoms with E-state index in [1.807, 2.05) is 0 Å². The van der Waals surface area contributed by atoms with Crippen molar-refractivity contribution in [2.45, 2.75) is 12.8 Å². The molecule has 1 aromatic heterocycles. The summed E-state index contributed by atoms with van der Waals surface area (Å²) >= 11 is 1.75. The lowest BCUT2D eigenvalue weighted by molar-refractivity contribution is 0.275. The summed E-state index contributed by atoms with van der Waals surface area (Å²) in [6, 6.07) is 2.15. The first-order chi connectivity index (χ1) is 6.43. The third-order valence-corrected chi connectivity index (χ3v) is 1.98. The predicted molar refractivity (Wildman–Crippen MR) is 56.0 cm³/mol. The van der Waals surface area contributed by atoms with Gasteiger partial charge in [-0.15, -0.1) is 0 Å². The molecule has 0 aliphatic rings. The van der Waals surface area contributed by atoms with Crippen LogP contribution in [-0.2, 0) is 11.0 Å². The van der Waals surface area contributed by atoms with E-state index in [4.69, 9.17) is 25.0 Å².